The number of benzene rings is 2. The Morgan fingerprint density at radius 3 is 2.84 bits per heavy atom. The molecular weight excluding hydrogens is 258 g/mol. The number of anilines is 1. The highest BCUT2D eigenvalue weighted by Gasteiger charge is 2.07. The van der Waals surface area contributed by atoms with Gasteiger partial charge in [-0.3, -0.25) is 4.68 Å². The van der Waals surface area contributed by atoms with Gasteiger partial charge in [-0.2, -0.15) is 5.10 Å². The van der Waals surface area contributed by atoms with Gasteiger partial charge in [-0.25, -0.2) is 0 Å². The standard InChI is InChI=1S/C15H14ClN3/c1-19-15-8-3-2-7-13(15)14(18-19)10-17-12-6-4-5-11(16)9-12/h2-9,17H,10H2,1H3. The molecule has 1 N–H and O–H groups in total. The third kappa shape index (κ3) is 2.42. The number of nitrogens with zero attached hydrogens (tertiary/aromatic N) is 2. The summed E-state index contributed by atoms with van der Waals surface area (Å²) < 4.78 is 1.91. The van der Waals surface area contributed by atoms with Gasteiger partial charge in [0.05, 0.1) is 17.8 Å². The average molecular weight is 272 g/mol. The van der Waals surface area contributed by atoms with Crippen molar-refractivity contribution >= 4 is 28.2 Å². The highest BCUT2D eigenvalue weighted by Crippen LogP contribution is 2.20. The monoisotopic (exact) mass is 271 g/mol. The molecule has 2 aromatic carbocycles. The molecule has 3 rings (SSSR count). The number of halogens is 1. The lowest BCUT2D eigenvalue weighted by atomic mass is 10.2. The van der Waals surface area contributed by atoms with Gasteiger partial charge in [-0.05, 0) is 24.3 Å². The van der Waals surface area contributed by atoms with Gasteiger partial charge in [0, 0.05) is 23.1 Å². The van der Waals surface area contributed by atoms with Crippen LogP contribution in [0.2, 0.25) is 5.02 Å². The normalized spacial score (nSPS) is 10.8. The predicted molar refractivity (Wildman–Crippen MR) is 79.5 cm³/mol. The Bertz CT molecular complexity index is 718. The van der Waals surface area contributed by atoms with Crippen LogP contribution in [-0.4, -0.2) is 9.78 Å². The largest absolute Gasteiger partial charge is 0.379 e. The van der Waals surface area contributed by atoms with Crippen molar-refractivity contribution in [1.82, 2.24) is 9.78 Å². The lowest BCUT2D eigenvalue weighted by molar-refractivity contribution is 0.771. The molecule has 0 aliphatic heterocycles. The van der Waals surface area contributed by atoms with Gasteiger partial charge in [-0.15, -0.1) is 0 Å². The Balaban J connectivity index is 1.86. The van der Waals surface area contributed by atoms with Gasteiger partial charge in [-0.1, -0.05) is 35.9 Å². The van der Waals surface area contributed by atoms with E-state index >= 15 is 0 Å². The van der Waals surface area contributed by atoms with E-state index in [1.165, 1.54) is 5.39 Å². The Kier molecular flexibility index (Phi) is 3.13. The fourth-order valence-corrected chi connectivity index (χ4v) is 2.39. The number of para-hydroxylation sites is 1. The summed E-state index contributed by atoms with van der Waals surface area (Å²) in [7, 11) is 1.96. The van der Waals surface area contributed by atoms with Gasteiger partial charge in [0.1, 0.15) is 0 Å². The summed E-state index contributed by atoms with van der Waals surface area (Å²) in [5.74, 6) is 0. The minimum atomic E-state index is 0.682. The molecule has 0 saturated heterocycles. The van der Waals surface area contributed by atoms with E-state index in [0.717, 1.165) is 21.9 Å². The minimum Gasteiger partial charge on any atom is -0.379 e. The molecule has 3 nitrogen and oxygen atoms in total. The SMILES string of the molecule is Cn1nc(CNc2cccc(Cl)c2)c2ccccc21. The molecule has 0 radical (unpaired) electrons. The van der Waals surface area contributed by atoms with Crippen LogP contribution < -0.4 is 5.32 Å². The van der Waals surface area contributed by atoms with E-state index in [-0.39, 0.29) is 0 Å². The van der Waals surface area contributed by atoms with Crippen LogP contribution >= 0.6 is 11.6 Å². The summed E-state index contributed by atoms with van der Waals surface area (Å²) in [6.45, 7) is 0.682. The van der Waals surface area contributed by atoms with Crippen molar-refractivity contribution in [2.45, 2.75) is 6.54 Å². The highest BCUT2D eigenvalue weighted by molar-refractivity contribution is 6.30. The predicted octanol–water partition coefficient (Wildman–Crippen LogP) is 3.84. The zero-order chi connectivity index (χ0) is 13.2. The molecule has 0 fully saturated rings. The first-order chi connectivity index (χ1) is 9.24. The summed E-state index contributed by atoms with van der Waals surface area (Å²) in [6, 6.07) is 15.9. The first-order valence-electron chi connectivity index (χ1n) is 6.14. The van der Waals surface area contributed by atoms with Gasteiger partial charge < -0.3 is 5.32 Å². The molecule has 0 bridgehead atoms. The zero-order valence-corrected chi connectivity index (χ0v) is 11.4. The second-order valence-corrected chi connectivity index (χ2v) is 4.89. The summed E-state index contributed by atoms with van der Waals surface area (Å²) in [6.07, 6.45) is 0. The number of aryl methyl sites for hydroxylation is 1. The zero-order valence-electron chi connectivity index (χ0n) is 10.6. The fourth-order valence-electron chi connectivity index (χ4n) is 2.20. The van der Waals surface area contributed by atoms with Gasteiger partial charge in [0.25, 0.3) is 0 Å². The van der Waals surface area contributed by atoms with Crippen molar-refractivity contribution < 1.29 is 0 Å². The Hall–Kier alpha value is -2.00. The van der Waals surface area contributed by atoms with Crippen molar-refractivity contribution in [3.63, 3.8) is 0 Å². The van der Waals surface area contributed by atoms with E-state index in [1.807, 2.05) is 48.1 Å². The second-order valence-electron chi connectivity index (χ2n) is 4.45. The third-order valence-electron chi connectivity index (χ3n) is 3.12. The molecule has 0 amide bonds. The lowest BCUT2D eigenvalue weighted by Gasteiger charge is -2.04. The van der Waals surface area contributed by atoms with Crippen LogP contribution in [0.5, 0.6) is 0 Å². The van der Waals surface area contributed by atoms with Crippen molar-refractivity contribution in [3.8, 4) is 0 Å². The van der Waals surface area contributed by atoms with E-state index in [2.05, 4.69) is 22.5 Å². The van der Waals surface area contributed by atoms with Gasteiger partial charge in [0.2, 0.25) is 0 Å². The van der Waals surface area contributed by atoms with Crippen molar-refractivity contribution in [3.05, 3.63) is 59.2 Å². The van der Waals surface area contributed by atoms with E-state index in [9.17, 15) is 0 Å². The van der Waals surface area contributed by atoms with E-state index in [4.69, 9.17) is 11.6 Å². The van der Waals surface area contributed by atoms with Crippen LogP contribution in [0.25, 0.3) is 10.9 Å². The summed E-state index contributed by atoms with van der Waals surface area (Å²) in [4.78, 5) is 0. The maximum absolute atomic E-state index is 5.97. The number of hydrogen-bond acceptors (Lipinski definition) is 2. The quantitative estimate of drug-likeness (QED) is 0.784. The second kappa shape index (κ2) is 4.94. The van der Waals surface area contributed by atoms with Gasteiger partial charge in [0.15, 0.2) is 0 Å². The molecule has 0 aliphatic rings. The lowest BCUT2D eigenvalue weighted by Crippen LogP contribution is -2.01. The maximum Gasteiger partial charge on any atom is 0.0894 e. The molecule has 0 saturated carbocycles. The first kappa shape index (κ1) is 12.1. The van der Waals surface area contributed by atoms with Crippen LogP contribution in [0.4, 0.5) is 5.69 Å². The Morgan fingerprint density at radius 2 is 2.00 bits per heavy atom. The highest BCUT2D eigenvalue weighted by atomic mass is 35.5. The Morgan fingerprint density at radius 1 is 1.16 bits per heavy atom. The molecule has 19 heavy (non-hydrogen) atoms. The summed E-state index contributed by atoms with van der Waals surface area (Å²) >= 11 is 5.97. The van der Waals surface area contributed by atoms with Crippen LogP contribution in [0.1, 0.15) is 5.69 Å². The van der Waals surface area contributed by atoms with E-state index in [0.29, 0.717) is 6.54 Å². The van der Waals surface area contributed by atoms with Crippen LogP contribution in [0, 0.1) is 0 Å². The first-order valence-corrected chi connectivity index (χ1v) is 6.52. The van der Waals surface area contributed by atoms with E-state index in [1.54, 1.807) is 0 Å². The number of hydrogen-bond donors (Lipinski definition) is 1. The Labute approximate surface area is 116 Å². The molecule has 96 valence electrons. The molecule has 4 heteroatoms. The minimum absolute atomic E-state index is 0.682. The van der Waals surface area contributed by atoms with Gasteiger partial charge >= 0.3 is 0 Å². The van der Waals surface area contributed by atoms with E-state index < -0.39 is 0 Å². The topological polar surface area (TPSA) is 29.9 Å². The van der Waals surface area contributed by atoms with Crippen molar-refractivity contribution in [1.29, 1.82) is 0 Å². The number of rotatable bonds is 3. The molecule has 0 spiro atoms. The smallest absolute Gasteiger partial charge is 0.0894 e. The van der Waals surface area contributed by atoms with Crippen LogP contribution in [0.3, 0.4) is 0 Å². The molecule has 1 heterocycles. The average Bonchev–Trinajstić information content (AvgIpc) is 2.74. The molecule has 0 aliphatic carbocycles. The third-order valence-corrected chi connectivity index (χ3v) is 3.35. The number of fused-ring (bicyclic) bond motifs is 1. The number of aromatic nitrogens is 2. The molecule has 1 aromatic heterocycles. The summed E-state index contributed by atoms with van der Waals surface area (Å²) in [5, 5.41) is 9.81. The summed E-state index contributed by atoms with van der Waals surface area (Å²) in [5.41, 5.74) is 3.19. The molecular formula is C15H14ClN3. The van der Waals surface area contributed by atoms with Crippen LogP contribution in [0.15, 0.2) is 48.5 Å². The fraction of sp³-hybridized carbons (Fsp3) is 0.133. The van der Waals surface area contributed by atoms with Crippen LogP contribution in [-0.2, 0) is 13.6 Å². The number of nitrogens with one attached hydrogen (secondary N) is 1. The molecule has 3 aromatic rings. The van der Waals surface area contributed by atoms with Crippen molar-refractivity contribution in [2.24, 2.45) is 7.05 Å². The van der Waals surface area contributed by atoms with Crippen molar-refractivity contribution in [2.75, 3.05) is 5.32 Å². The molecule has 0 atom stereocenters. The molecule has 0 unspecified atom stereocenters. The maximum atomic E-state index is 5.97.